The van der Waals surface area contributed by atoms with E-state index in [1.807, 2.05) is 77.9 Å². The van der Waals surface area contributed by atoms with Crippen LogP contribution in [0.2, 0.25) is 0 Å². The van der Waals surface area contributed by atoms with E-state index in [0.717, 1.165) is 39.4 Å². The number of nitrogens with one attached hydrogen (secondary N) is 2. The Kier molecular flexibility index (Phi) is 15.7. The molecule has 0 saturated carbocycles. The zero-order chi connectivity index (χ0) is 54.0. The molecule has 2 fully saturated rings. The molecular weight excluding hydrogens is 1010 g/mol. The highest BCUT2D eigenvalue weighted by molar-refractivity contribution is 7.80. The highest BCUT2D eigenvalue weighted by Crippen LogP contribution is 2.42. The number of hydrogen-bond donors (Lipinski definition) is 3. The second-order valence-corrected chi connectivity index (χ2v) is 21.4. The summed E-state index contributed by atoms with van der Waals surface area (Å²) < 4.78 is 64.4. The predicted molar refractivity (Wildman–Crippen MR) is 278 cm³/mol. The average molecular weight is 1070 g/mol. The molecule has 0 spiro atoms. The third-order valence-corrected chi connectivity index (χ3v) is 14.4. The zero-order valence-electron chi connectivity index (χ0n) is 42.0. The van der Waals surface area contributed by atoms with Gasteiger partial charge in [0.25, 0.3) is 0 Å². The van der Waals surface area contributed by atoms with E-state index in [4.69, 9.17) is 17.0 Å². The Hall–Kier alpha value is -7.35. The molecule has 0 aliphatic carbocycles. The zero-order valence-corrected chi connectivity index (χ0v) is 43.6. The van der Waals surface area contributed by atoms with Gasteiger partial charge in [-0.1, -0.05) is 50.3 Å². The monoisotopic (exact) mass is 1070 g/mol. The number of aliphatic hydroxyl groups is 1. The summed E-state index contributed by atoms with van der Waals surface area (Å²) in [6.07, 6.45) is -2.12. The van der Waals surface area contributed by atoms with Crippen LogP contribution >= 0.6 is 23.6 Å². The molecule has 3 amide bonds. The van der Waals surface area contributed by atoms with E-state index in [1.165, 1.54) is 15.9 Å². The number of benzene rings is 3. The molecule has 392 valence electrons. The van der Waals surface area contributed by atoms with Crippen molar-refractivity contribution < 1.29 is 41.8 Å². The summed E-state index contributed by atoms with van der Waals surface area (Å²) in [5.74, 6) is -2.19. The molecule has 5 heterocycles. The molecule has 6 aromatic rings. The van der Waals surface area contributed by atoms with Gasteiger partial charge >= 0.3 is 6.18 Å². The highest BCUT2D eigenvalue weighted by Gasteiger charge is 2.47. The number of halogens is 4. The lowest BCUT2D eigenvalue weighted by Crippen LogP contribution is -2.57. The van der Waals surface area contributed by atoms with Gasteiger partial charge in [0.05, 0.1) is 68.8 Å². The van der Waals surface area contributed by atoms with Crippen molar-refractivity contribution >= 4 is 57.8 Å². The van der Waals surface area contributed by atoms with Crippen molar-refractivity contribution in [1.82, 2.24) is 40.5 Å². The third-order valence-electron chi connectivity index (χ3n) is 13.0. The van der Waals surface area contributed by atoms with Crippen molar-refractivity contribution in [3.8, 4) is 33.5 Å². The minimum absolute atomic E-state index is 0.0326. The normalized spacial score (nSPS) is 17.0. The maximum Gasteiger partial charge on any atom is 0.420 e. The van der Waals surface area contributed by atoms with Crippen LogP contribution in [0.4, 0.5) is 28.9 Å². The molecule has 2 aliphatic rings. The standard InChI is InChI=1S/C53H55F4N11O5S2/c1-31-46(75-30-61-31)34-11-9-32(10-12-34)24-60-48(71)42-22-38(69)27-66(42)49(72)47(51(2,3)4)62-43(70)8-7-21-65-26-36(63-64-65)28-73-39-17-13-33(14-18-39)40-19-16-37(25-59-40)68-50(74)67(29-52(68,5)6)41-20-15-35(23-58)44(45(41)54)53(55,56)57/h9-20,25-26,30,38,42,47,69H,7-8,21-22,24,27-29H2,1-6H3,(H,60,71)(H,62,70)/t38-,42+,47-/m1/s1. The molecule has 0 radical (unpaired) electrons. The number of rotatable bonds is 16. The fraction of sp³-hybridized carbons (Fsp3) is 0.377. The molecular formula is C53H55F4N11O5S2. The van der Waals surface area contributed by atoms with Crippen molar-refractivity contribution in [3.63, 3.8) is 0 Å². The quantitative estimate of drug-likeness (QED) is 0.0619. The smallest absolute Gasteiger partial charge is 0.420 e. The van der Waals surface area contributed by atoms with Crippen LogP contribution in [0.1, 0.15) is 82.0 Å². The lowest BCUT2D eigenvalue weighted by atomic mass is 9.85. The first-order valence-corrected chi connectivity index (χ1v) is 25.4. The Labute approximate surface area is 440 Å². The van der Waals surface area contributed by atoms with Crippen LogP contribution in [0, 0.1) is 29.5 Å². The van der Waals surface area contributed by atoms with Gasteiger partial charge in [0.15, 0.2) is 10.9 Å². The number of carbonyl (C=O) groups is 3. The lowest BCUT2D eigenvalue weighted by Gasteiger charge is -2.35. The largest absolute Gasteiger partial charge is 0.487 e. The van der Waals surface area contributed by atoms with Crippen molar-refractivity contribution in [3.05, 3.63) is 125 Å². The Morgan fingerprint density at radius 2 is 1.73 bits per heavy atom. The molecule has 22 heteroatoms. The van der Waals surface area contributed by atoms with Gasteiger partial charge < -0.3 is 35.2 Å². The van der Waals surface area contributed by atoms with Crippen LogP contribution in [0.3, 0.4) is 0 Å². The Morgan fingerprint density at radius 1 is 1.01 bits per heavy atom. The summed E-state index contributed by atoms with van der Waals surface area (Å²) in [6, 6.07) is 20.2. The summed E-state index contributed by atoms with van der Waals surface area (Å²) in [6.45, 7) is 11.9. The van der Waals surface area contributed by atoms with Gasteiger partial charge in [0.1, 0.15) is 35.7 Å². The number of likely N-dealkylation sites (tertiary alicyclic amines) is 1. The molecule has 75 heavy (non-hydrogen) atoms. The van der Waals surface area contributed by atoms with Crippen LogP contribution < -0.4 is 25.2 Å². The van der Waals surface area contributed by atoms with Crippen LogP contribution in [0.15, 0.2) is 90.7 Å². The number of nitriles is 1. The van der Waals surface area contributed by atoms with Gasteiger partial charge in [-0.05, 0) is 104 Å². The number of aryl methyl sites for hydroxylation is 2. The van der Waals surface area contributed by atoms with E-state index in [1.54, 1.807) is 63.1 Å². The second-order valence-electron chi connectivity index (χ2n) is 20.2. The number of thiocarbonyl (C=S) groups is 1. The van der Waals surface area contributed by atoms with Crippen LogP contribution in [0.25, 0.3) is 21.7 Å². The van der Waals surface area contributed by atoms with E-state index in [0.29, 0.717) is 35.8 Å². The van der Waals surface area contributed by atoms with Gasteiger partial charge in [-0.25, -0.2) is 9.37 Å². The Morgan fingerprint density at radius 3 is 2.37 bits per heavy atom. The molecule has 3 atom stereocenters. The van der Waals surface area contributed by atoms with Crippen molar-refractivity contribution in [2.24, 2.45) is 5.41 Å². The minimum atomic E-state index is -5.08. The lowest BCUT2D eigenvalue weighted by molar-refractivity contribution is -0.144. The number of alkyl halides is 3. The summed E-state index contributed by atoms with van der Waals surface area (Å²) in [7, 11) is 0. The second kappa shape index (κ2) is 21.9. The topological polar surface area (TPSA) is 195 Å². The summed E-state index contributed by atoms with van der Waals surface area (Å²) in [5.41, 5.74) is 2.84. The molecule has 8 rings (SSSR count). The number of pyridine rings is 1. The molecule has 2 saturated heterocycles. The molecule has 2 aliphatic heterocycles. The number of aromatic nitrogens is 5. The van der Waals surface area contributed by atoms with E-state index in [2.05, 4.69) is 30.9 Å². The fourth-order valence-electron chi connectivity index (χ4n) is 9.19. The van der Waals surface area contributed by atoms with Crippen LogP contribution in [-0.4, -0.2) is 94.6 Å². The molecule has 3 aromatic heterocycles. The van der Waals surface area contributed by atoms with E-state index in [-0.39, 0.29) is 61.7 Å². The van der Waals surface area contributed by atoms with Crippen molar-refractivity contribution in [2.75, 3.05) is 22.9 Å². The van der Waals surface area contributed by atoms with Crippen molar-refractivity contribution in [2.45, 2.75) is 110 Å². The van der Waals surface area contributed by atoms with E-state index in [9.17, 15) is 37.9 Å². The number of amides is 3. The number of thiazole rings is 1. The van der Waals surface area contributed by atoms with Gasteiger partial charge in [-0.2, -0.15) is 18.4 Å². The van der Waals surface area contributed by atoms with E-state index < -0.39 is 58.2 Å². The Balaban J connectivity index is 0.799. The van der Waals surface area contributed by atoms with Gasteiger partial charge in [0.2, 0.25) is 17.7 Å². The van der Waals surface area contributed by atoms with Crippen LogP contribution in [-0.2, 0) is 40.3 Å². The van der Waals surface area contributed by atoms with Gasteiger partial charge in [-0.15, -0.1) is 16.4 Å². The number of β-amino-alcohol motifs (C(OH)–C–C–N with tert-alkyl or cyclic N) is 1. The fourth-order valence-corrected chi connectivity index (χ4v) is 10.5. The summed E-state index contributed by atoms with van der Waals surface area (Å²) >= 11 is 7.25. The number of hydrogen-bond acceptors (Lipinski definition) is 12. The molecule has 3 N–H and O–H groups in total. The molecule has 0 bridgehead atoms. The molecule has 16 nitrogen and oxygen atoms in total. The Bertz CT molecular complexity index is 3120. The highest BCUT2D eigenvalue weighted by atomic mass is 32.1. The first-order valence-electron chi connectivity index (χ1n) is 24.1. The predicted octanol–water partition coefficient (Wildman–Crippen LogP) is 8.36. The van der Waals surface area contributed by atoms with Crippen LogP contribution in [0.5, 0.6) is 5.75 Å². The summed E-state index contributed by atoms with van der Waals surface area (Å²) in [5, 5.41) is 34.1. The molecule has 0 unspecified atom stereocenters. The first-order chi connectivity index (χ1) is 35.5. The summed E-state index contributed by atoms with van der Waals surface area (Å²) in [4.78, 5) is 55.3. The average Bonchev–Trinajstić information content (AvgIpc) is 4.16. The maximum absolute atomic E-state index is 15.4. The molecule has 3 aromatic carbocycles. The van der Waals surface area contributed by atoms with E-state index >= 15 is 4.39 Å². The number of carbonyl (C=O) groups excluding carboxylic acids is 3. The number of anilines is 2. The number of aliphatic hydroxyl groups excluding tert-OH is 1. The van der Waals surface area contributed by atoms with Gasteiger partial charge in [0, 0.05) is 44.6 Å². The van der Waals surface area contributed by atoms with Crippen molar-refractivity contribution in [1.29, 1.82) is 5.26 Å². The SMILES string of the molecule is Cc1ncsc1-c1ccc(CNC(=O)[C@@H]2C[C@@H](O)CN2C(=O)[C@@H](NC(=O)CCCn2cc(COc3ccc(-c4ccc(N5C(=S)N(c6ccc(C#N)c(C(F)(F)F)c6F)CC5(C)C)cn4)cc3)nn2)C(C)(C)C)cc1. The number of nitrogens with zero attached hydrogens (tertiary/aromatic N) is 9. The van der Waals surface area contributed by atoms with Gasteiger partial charge in [-0.3, -0.25) is 24.0 Å². The maximum atomic E-state index is 15.4. The third kappa shape index (κ3) is 12.1. The number of ether oxygens (including phenoxy) is 1. The minimum Gasteiger partial charge on any atom is -0.487 e. The first kappa shape index (κ1) is 53.9.